The summed E-state index contributed by atoms with van der Waals surface area (Å²) in [7, 11) is 0. The quantitative estimate of drug-likeness (QED) is 0.868. The number of aromatic nitrogens is 1. The van der Waals surface area contributed by atoms with Crippen molar-refractivity contribution in [3.8, 4) is 5.75 Å². The number of ether oxygens (including phenoxy) is 2. The smallest absolute Gasteiger partial charge is 0.253 e. The molecule has 0 bridgehead atoms. The Hall–Kier alpha value is -2.60. The Morgan fingerprint density at radius 2 is 2.00 bits per heavy atom. The number of hydrogen-bond acceptors (Lipinski definition) is 5. The molecule has 1 amide bonds. The van der Waals surface area contributed by atoms with E-state index in [9.17, 15) is 4.79 Å². The van der Waals surface area contributed by atoms with E-state index in [1.165, 1.54) is 11.1 Å². The second kappa shape index (κ2) is 7.34. The maximum atomic E-state index is 12.0. The van der Waals surface area contributed by atoms with Crippen LogP contribution < -0.4 is 15.0 Å². The monoisotopic (exact) mass is 393 g/mol. The van der Waals surface area contributed by atoms with Gasteiger partial charge >= 0.3 is 0 Å². The lowest BCUT2D eigenvalue weighted by atomic mass is 10.0. The van der Waals surface area contributed by atoms with Gasteiger partial charge in [0.2, 0.25) is 0 Å². The maximum absolute atomic E-state index is 12.0. The summed E-state index contributed by atoms with van der Waals surface area (Å²) in [5, 5.41) is 2.89. The summed E-state index contributed by atoms with van der Waals surface area (Å²) in [6, 6.07) is 6.39. The molecule has 1 saturated heterocycles. The third kappa shape index (κ3) is 3.35. The fourth-order valence-corrected chi connectivity index (χ4v) is 4.62. The van der Waals surface area contributed by atoms with E-state index >= 15 is 0 Å². The summed E-state index contributed by atoms with van der Waals surface area (Å²) < 4.78 is 11.8. The van der Waals surface area contributed by atoms with Gasteiger partial charge in [-0.05, 0) is 54.7 Å². The lowest BCUT2D eigenvalue weighted by Gasteiger charge is -2.34. The van der Waals surface area contributed by atoms with Crippen molar-refractivity contribution in [2.75, 3.05) is 24.6 Å². The zero-order chi connectivity index (χ0) is 20.0. The molecule has 0 aliphatic carbocycles. The number of pyridine rings is 1. The normalized spacial score (nSPS) is 19.0. The minimum atomic E-state index is 0.00312. The van der Waals surface area contributed by atoms with Crippen LogP contribution in [0.4, 0.5) is 5.82 Å². The fourth-order valence-electron chi connectivity index (χ4n) is 4.62. The minimum Gasteiger partial charge on any atom is -0.490 e. The van der Waals surface area contributed by atoms with Crippen LogP contribution in [0.15, 0.2) is 18.2 Å². The van der Waals surface area contributed by atoms with E-state index < -0.39 is 0 Å². The van der Waals surface area contributed by atoms with Crippen molar-refractivity contribution in [2.45, 2.75) is 52.4 Å². The lowest BCUT2D eigenvalue weighted by Crippen LogP contribution is -2.39. The van der Waals surface area contributed by atoms with E-state index in [1.807, 2.05) is 6.92 Å². The Bertz CT molecular complexity index is 964. The summed E-state index contributed by atoms with van der Waals surface area (Å²) in [5.41, 5.74) is 6.43. The predicted molar refractivity (Wildman–Crippen MR) is 111 cm³/mol. The number of carbonyl (C=O) groups is 1. The molecule has 5 rings (SSSR count). The van der Waals surface area contributed by atoms with Crippen LogP contribution in [0.2, 0.25) is 0 Å². The van der Waals surface area contributed by atoms with Crippen LogP contribution in [0.1, 0.15) is 51.1 Å². The Balaban J connectivity index is 1.27. The van der Waals surface area contributed by atoms with Gasteiger partial charge in [-0.3, -0.25) is 4.79 Å². The van der Waals surface area contributed by atoms with Gasteiger partial charge in [0.05, 0.1) is 31.0 Å². The average Bonchev–Trinajstić information content (AvgIpc) is 3.12. The largest absolute Gasteiger partial charge is 0.490 e. The average molecular weight is 393 g/mol. The third-order valence-corrected chi connectivity index (χ3v) is 6.44. The highest BCUT2D eigenvalue weighted by Crippen LogP contribution is 2.31. The zero-order valence-corrected chi connectivity index (χ0v) is 17.1. The molecule has 0 radical (unpaired) electrons. The molecule has 0 unspecified atom stereocenters. The van der Waals surface area contributed by atoms with Crippen molar-refractivity contribution in [3.63, 3.8) is 0 Å². The van der Waals surface area contributed by atoms with Crippen LogP contribution in [-0.4, -0.2) is 36.7 Å². The van der Waals surface area contributed by atoms with Crippen molar-refractivity contribution in [1.29, 1.82) is 0 Å². The molecule has 1 N–H and O–H groups in total. The highest BCUT2D eigenvalue weighted by molar-refractivity contribution is 5.99. The van der Waals surface area contributed by atoms with Crippen molar-refractivity contribution >= 4 is 11.7 Å². The molecule has 4 heterocycles. The van der Waals surface area contributed by atoms with E-state index in [1.54, 1.807) is 0 Å². The number of rotatable bonds is 3. The van der Waals surface area contributed by atoms with E-state index in [2.05, 4.69) is 35.3 Å². The zero-order valence-electron chi connectivity index (χ0n) is 17.1. The number of benzene rings is 1. The van der Waals surface area contributed by atoms with Crippen LogP contribution in [0.5, 0.6) is 5.75 Å². The summed E-state index contributed by atoms with van der Waals surface area (Å²) in [4.78, 5) is 19.2. The Kier molecular flexibility index (Phi) is 4.66. The predicted octanol–water partition coefficient (Wildman–Crippen LogP) is 3.06. The number of nitrogens with one attached hydrogen (secondary N) is 1. The third-order valence-electron chi connectivity index (χ3n) is 6.44. The molecule has 3 aliphatic heterocycles. The van der Waals surface area contributed by atoms with Gasteiger partial charge in [0, 0.05) is 25.9 Å². The number of piperidine rings is 1. The molecule has 2 aromatic rings. The molecule has 3 aliphatic rings. The first kappa shape index (κ1) is 18.4. The standard InChI is InChI=1S/C23H27N3O3/c1-14-15(2)22(25-20-12-24-23(27)21(14)20)26-8-5-18(6-9-26)29-19-4-3-17-13-28-10-7-16(17)11-19/h3-4,11,18H,5-10,12-13H2,1-2H3,(H,24,27). The topological polar surface area (TPSA) is 63.7 Å². The number of amides is 1. The highest BCUT2D eigenvalue weighted by atomic mass is 16.5. The Morgan fingerprint density at radius 3 is 2.83 bits per heavy atom. The molecule has 6 nitrogen and oxygen atoms in total. The molecular weight excluding hydrogens is 366 g/mol. The minimum absolute atomic E-state index is 0.00312. The number of anilines is 1. The van der Waals surface area contributed by atoms with Crippen LogP contribution in [-0.2, 0) is 24.3 Å². The summed E-state index contributed by atoms with van der Waals surface area (Å²) in [6.07, 6.45) is 3.12. The fraction of sp³-hybridized carbons (Fsp3) is 0.478. The van der Waals surface area contributed by atoms with Gasteiger partial charge in [0.25, 0.3) is 5.91 Å². The first-order valence-corrected chi connectivity index (χ1v) is 10.5. The van der Waals surface area contributed by atoms with Crippen molar-refractivity contribution in [1.82, 2.24) is 10.3 Å². The molecule has 1 fully saturated rings. The summed E-state index contributed by atoms with van der Waals surface area (Å²) >= 11 is 0. The molecule has 1 aromatic heterocycles. The molecule has 0 spiro atoms. The first-order chi connectivity index (χ1) is 14.1. The van der Waals surface area contributed by atoms with Crippen LogP contribution in [0.3, 0.4) is 0 Å². The molecule has 29 heavy (non-hydrogen) atoms. The number of carbonyl (C=O) groups excluding carboxylic acids is 1. The van der Waals surface area contributed by atoms with Crippen molar-refractivity contribution in [2.24, 2.45) is 0 Å². The van der Waals surface area contributed by atoms with E-state index in [0.717, 1.165) is 72.9 Å². The maximum Gasteiger partial charge on any atom is 0.253 e. The van der Waals surface area contributed by atoms with Gasteiger partial charge in [0.15, 0.2) is 0 Å². The van der Waals surface area contributed by atoms with Gasteiger partial charge in [-0.1, -0.05) is 6.07 Å². The second-order valence-electron chi connectivity index (χ2n) is 8.23. The number of nitrogens with zero attached hydrogens (tertiary/aromatic N) is 2. The summed E-state index contributed by atoms with van der Waals surface area (Å²) in [6.45, 7) is 7.97. The molecule has 0 saturated carbocycles. The van der Waals surface area contributed by atoms with Crippen LogP contribution in [0, 0.1) is 13.8 Å². The van der Waals surface area contributed by atoms with Crippen molar-refractivity contribution < 1.29 is 14.3 Å². The Morgan fingerprint density at radius 1 is 1.17 bits per heavy atom. The SMILES string of the molecule is Cc1c(N2CCC(Oc3ccc4c(c3)CCOC4)CC2)nc2c(c1C)C(=O)NC2. The number of hydrogen-bond donors (Lipinski definition) is 1. The van der Waals surface area contributed by atoms with Gasteiger partial charge in [-0.25, -0.2) is 4.98 Å². The van der Waals surface area contributed by atoms with E-state index in [4.69, 9.17) is 14.5 Å². The van der Waals surface area contributed by atoms with Gasteiger partial charge in [0.1, 0.15) is 17.7 Å². The van der Waals surface area contributed by atoms with Gasteiger partial charge in [-0.2, -0.15) is 0 Å². The Labute approximate surface area is 171 Å². The molecule has 1 aromatic carbocycles. The summed E-state index contributed by atoms with van der Waals surface area (Å²) in [5.74, 6) is 1.99. The first-order valence-electron chi connectivity index (χ1n) is 10.5. The van der Waals surface area contributed by atoms with Gasteiger partial charge in [-0.15, -0.1) is 0 Å². The number of fused-ring (bicyclic) bond motifs is 2. The van der Waals surface area contributed by atoms with E-state index in [0.29, 0.717) is 13.2 Å². The highest BCUT2D eigenvalue weighted by Gasteiger charge is 2.29. The molecule has 0 atom stereocenters. The molecule has 152 valence electrons. The van der Waals surface area contributed by atoms with Gasteiger partial charge < -0.3 is 19.7 Å². The molecular formula is C23H27N3O3. The van der Waals surface area contributed by atoms with E-state index in [-0.39, 0.29) is 12.0 Å². The van der Waals surface area contributed by atoms with Crippen LogP contribution >= 0.6 is 0 Å². The van der Waals surface area contributed by atoms with Crippen LogP contribution in [0.25, 0.3) is 0 Å². The lowest BCUT2D eigenvalue weighted by molar-refractivity contribution is 0.0965. The van der Waals surface area contributed by atoms with Crippen molar-refractivity contribution in [3.05, 3.63) is 51.7 Å². The second-order valence-corrected chi connectivity index (χ2v) is 8.23. The molecule has 6 heteroatoms.